The fraction of sp³-hybridized carbons (Fsp3) is 0.667. The molecule has 2 N–H and O–H groups in total. The van der Waals surface area contributed by atoms with E-state index < -0.39 is 11.4 Å². The van der Waals surface area contributed by atoms with Gasteiger partial charge < -0.3 is 10.5 Å². The van der Waals surface area contributed by atoms with E-state index in [2.05, 4.69) is 0 Å². The van der Waals surface area contributed by atoms with E-state index in [-0.39, 0.29) is 0 Å². The van der Waals surface area contributed by atoms with Gasteiger partial charge >= 0.3 is 5.97 Å². The highest BCUT2D eigenvalue weighted by molar-refractivity contribution is 5.92. The number of carboxylic acid groups (broad SMARTS) is 1. The maximum absolute atomic E-state index is 10.3. The summed E-state index contributed by atoms with van der Waals surface area (Å²) in [6.45, 7) is 3.28. The summed E-state index contributed by atoms with van der Waals surface area (Å²) in [4.78, 5) is 10.3. The largest absolute Gasteiger partial charge is 0.481 e. The number of rotatable bonds is 3. The molecule has 1 atom stereocenters. The Balaban J connectivity index is 4.27. The summed E-state index contributed by atoms with van der Waals surface area (Å²) in [5.74, 6) is -0.931. The van der Waals surface area contributed by atoms with Gasteiger partial charge in [-0.2, -0.15) is 0 Å². The van der Waals surface area contributed by atoms with Gasteiger partial charge in [-0.25, -0.2) is 0 Å². The van der Waals surface area contributed by atoms with E-state index in [1.807, 2.05) is 0 Å². The zero-order valence-corrected chi connectivity index (χ0v) is 5.64. The minimum Gasteiger partial charge on any atom is -0.481 e. The highest BCUT2D eigenvalue weighted by atomic mass is 16.4. The number of carbonyl (C=O) groups is 1. The SMILES string of the molecule is CCC(C)(C=N)C(=O)O. The van der Waals surface area contributed by atoms with Gasteiger partial charge in [-0.15, -0.1) is 0 Å². The second-order valence-electron chi connectivity index (χ2n) is 2.22. The molecule has 0 saturated carbocycles. The minimum absolute atomic E-state index is 0.464. The Kier molecular flexibility index (Phi) is 2.37. The van der Waals surface area contributed by atoms with E-state index >= 15 is 0 Å². The van der Waals surface area contributed by atoms with Crippen molar-refractivity contribution in [1.82, 2.24) is 0 Å². The zero-order valence-electron chi connectivity index (χ0n) is 5.64. The van der Waals surface area contributed by atoms with Crippen molar-refractivity contribution in [3.8, 4) is 0 Å². The van der Waals surface area contributed by atoms with Crippen molar-refractivity contribution in [2.45, 2.75) is 20.3 Å². The minimum atomic E-state index is -0.958. The van der Waals surface area contributed by atoms with Crippen molar-refractivity contribution in [3.63, 3.8) is 0 Å². The van der Waals surface area contributed by atoms with E-state index in [1.165, 1.54) is 6.92 Å². The maximum Gasteiger partial charge on any atom is 0.314 e. The fourth-order valence-corrected chi connectivity index (χ4v) is 0.315. The molecule has 9 heavy (non-hydrogen) atoms. The second kappa shape index (κ2) is 2.62. The first-order chi connectivity index (χ1) is 4.06. The van der Waals surface area contributed by atoms with E-state index in [9.17, 15) is 4.79 Å². The lowest BCUT2D eigenvalue weighted by molar-refractivity contribution is -0.143. The van der Waals surface area contributed by atoms with Crippen LogP contribution in [0.15, 0.2) is 0 Å². The van der Waals surface area contributed by atoms with Crippen LogP contribution in [0.4, 0.5) is 0 Å². The second-order valence-corrected chi connectivity index (χ2v) is 2.22. The molecule has 0 aromatic rings. The average Bonchev–Trinajstić information content (AvgIpc) is 1.86. The highest BCUT2D eigenvalue weighted by Crippen LogP contribution is 2.16. The smallest absolute Gasteiger partial charge is 0.314 e. The maximum atomic E-state index is 10.3. The van der Waals surface area contributed by atoms with Crippen LogP contribution < -0.4 is 0 Å². The highest BCUT2D eigenvalue weighted by Gasteiger charge is 2.27. The lowest BCUT2D eigenvalue weighted by Gasteiger charge is -2.15. The van der Waals surface area contributed by atoms with E-state index in [4.69, 9.17) is 10.5 Å². The third-order valence-corrected chi connectivity index (χ3v) is 1.54. The molecule has 3 heteroatoms. The van der Waals surface area contributed by atoms with E-state index in [0.717, 1.165) is 6.21 Å². The Labute approximate surface area is 54.2 Å². The Morgan fingerprint density at radius 3 is 2.33 bits per heavy atom. The average molecular weight is 129 g/mol. The van der Waals surface area contributed by atoms with E-state index in [0.29, 0.717) is 6.42 Å². The molecule has 0 bridgehead atoms. The Bertz CT molecular complexity index is 133. The number of hydrogen-bond acceptors (Lipinski definition) is 2. The molecule has 0 aromatic heterocycles. The summed E-state index contributed by atoms with van der Waals surface area (Å²) in [6.07, 6.45) is 1.43. The summed E-state index contributed by atoms with van der Waals surface area (Å²) in [5.41, 5.74) is -0.958. The molecule has 3 nitrogen and oxygen atoms in total. The molecule has 0 aliphatic rings. The van der Waals surface area contributed by atoms with Crippen molar-refractivity contribution < 1.29 is 9.90 Å². The van der Waals surface area contributed by atoms with Crippen molar-refractivity contribution >= 4 is 12.2 Å². The molecule has 0 radical (unpaired) electrons. The van der Waals surface area contributed by atoms with Gasteiger partial charge in [-0.1, -0.05) is 6.92 Å². The third kappa shape index (κ3) is 1.52. The van der Waals surface area contributed by atoms with Crippen LogP contribution in [0, 0.1) is 10.8 Å². The molecule has 0 spiro atoms. The van der Waals surface area contributed by atoms with Crippen LogP contribution in [-0.4, -0.2) is 17.3 Å². The topological polar surface area (TPSA) is 61.2 Å². The standard InChI is InChI=1S/C6H11NO2/c1-3-6(2,4-7)5(8)9/h4,7H,3H2,1-2H3,(H,8,9). The molecule has 0 aliphatic carbocycles. The van der Waals surface area contributed by atoms with Gasteiger partial charge in [-0.05, 0) is 13.3 Å². The molecule has 0 fully saturated rings. The monoisotopic (exact) mass is 129 g/mol. The summed E-state index contributed by atoms with van der Waals surface area (Å²) in [5, 5.41) is 15.3. The normalized spacial score (nSPS) is 16.2. The lowest BCUT2D eigenvalue weighted by Crippen LogP contribution is -2.27. The summed E-state index contributed by atoms with van der Waals surface area (Å²) in [7, 11) is 0. The van der Waals surface area contributed by atoms with E-state index in [1.54, 1.807) is 6.92 Å². The van der Waals surface area contributed by atoms with Crippen LogP contribution in [0.3, 0.4) is 0 Å². The van der Waals surface area contributed by atoms with Crippen LogP contribution in [0.2, 0.25) is 0 Å². The third-order valence-electron chi connectivity index (χ3n) is 1.54. The van der Waals surface area contributed by atoms with Crippen molar-refractivity contribution in [3.05, 3.63) is 0 Å². The van der Waals surface area contributed by atoms with Crippen LogP contribution in [0.5, 0.6) is 0 Å². The van der Waals surface area contributed by atoms with Gasteiger partial charge in [-0.3, -0.25) is 4.79 Å². The summed E-state index contributed by atoms with van der Waals surface area (Å²) in [6, 6.07) is 0. The fourth-order valence-electron chi connectivity index (χ4n) is 0.315. The summed E-state index contributed by atoms with van der Waals surface area (Å²) < 4.78 is 0. The predicted molar refractivity (Wildman–Crippen MR) is 34.8 cm³/mol. The lowest BCUT2D eigenvalue weighted by atomic mass is 9.90. The van der Waals surface area contributed by atoms with Gasteiger partial charge in [0.1, 0.15) is 0 Å². The number of carboxylic acids is 1. The van der Waals surface area contributed by atoms with Crippen molar-refractivity contribution in [2.24, 2.45) is 5.41 Å². The van der Waals surface area contributed by atoms with Gasteiger partial charge in [0.25, 0.3) is 0 Å². The van der Waals surface area contributed by atoms with Crippen LogP contribution in [0.25, 0.3) is 0 Å². The Morgan fingerprint density at radius 1 is 1.89 bits per heavy atom. The summed E-state index contributed by atoms with van der Waals surface area (Å²) >= 11 is 0. The molecule has 52 valence electrons. The predicted octanol–water partition coefficient (Wildman–Crippen LogP) is 1.14. The molecule has 0 saturated heterocycles. The number of hydrogen-bond donors (Lipinski definition) is 2. The molecule has 0 amide bonds. The number of aliphatic carboxylic acids is 1. The van der Waals surface area contributed by atoms with Crippen LogP contribution in [0.1, 0.15) is 20.3 Å². The molecular formula is C6H11NO2. The first-order valence-electron chi connectivity index (χ1n) is 2.82. The van der Waals surface area contributed by atoms with Gasteiger partial charge in [0.05, 0.1) is 5.41 Å². The van der Waals surface area contributed by atoms with Crippen LogP contribution >= 0.6 is 0 Å². The zero-order chi connectivity index (χ0) is 7.49. The molecule has 0 aliphatic heterocycles. The molecule has 0 aromatic carbocycles. The van der Waals surface area contributed by atoms with Gasteiger partial charge in [0, 0.05) is 6.21 Å². The quantitative estimate of drug-likeness (QED) is 0.561. The van der Waals surface area contributed by atoms with Gasteiger partial charge in [0.15, 0.2) is 0 Å². The van der Waals surface area contributed by atoms with Crippen molar-refractivity contribution in [2.75, 3.05) is 0 Å². The first kappa shape index (κ1) is 8.14. The number of nitrogens with one attached hydrogen (secondary N) is 1. The van der Waals surface area contributed by atoms with Crippen LogP contribution in [-0.2, 0) is 4.79 Å². The molecule has 0 heterocycles. The Hall–Kier alpha value is -0.860. The van der Waals surface area contributed by atoms with Crippen molar-refractivity contribution in [1.29, 1.82) is 5.41 Å². The Morgan fingerprint density at radius 2 is 2.33 bits per heavy atom. The molecule has 0 rings (SSSR count). The molecule has 1 unspecified atom stereocenters. The molecular weight excluding hydrogens is 118 g/mol. The first-order valence-corrected chi connectivity index (χ1v) is 2.82. The van der Waals surface area contributed by atoms with Gasteiger partial charge in [0.2, 0.25) is 0 Å².